The fraction of sp³-hybridized carbons (Fsp3) is 0.286. The molecule has 0 spiro atoms. The first kappa shape index (κ1) is 19.2. The third-order valence-electron chi connectivity index (χ3n) is 5.20. The number of carbonyl (C=O) groups is 3. The van der Waals surface area contributed by atoms with Gasteiger partial charge in [-0.1, -0.05) is 19.1 Å². The molecule has 3 amide bonds. The summed E-state index contributed by atoms with van der Waals surface area (Å²) in [5.41, 5.74) is 1.78. The largest absolute Gasteiger partial charge is 0.321 e. The predicted octanol–water partition coefficient (Wildman–Crippen LogP) is 2.60. The topological polar surface area (TPSA) is 112 Å². The summed E-state index contributed by atoms with van der Waals surface area (Å²) in [7, 11) is 0. The number of aryl methyl sites for hydroxylation is 1. The smallest absolute Gasteiger partial charge is 0.274 e. The highest BCUT2D eigenvalue weighted by molar-refractivity contribution is 6.04. The molecular weight excluding hydrogens is 356 g/mol. The SMILES string of the molecule is CCC1(c2ccc(NC(=O)c3ccc(C#N)c(C)n3)cc2)CCC(=O)NC1=O. The first-order chi connectivity index (χ1) is 13.4. The fourth-order valence-electron chi connectivity index (χ4n) is 3.44. The van der Waals surface area contributed by atoms with E-state index in [1.807, 2.05) is 13.0 Å². The molecule has 1 atom stereocenters. The Morgan fingerprint density at radius 1 is 1.25 bits per heavy atom. The second-order valence-electron chi connectivity index (χ2n) is 6.79. The number of nitrogens with zero attached hydrogens (tertiary/aromatic N) is 2. The van der Waals surface area contributed by atoms with Gasteiger partial charge in [-0.25, -0.2) is 4.98 Å². The second-order valence-corrected chi connectivity index (χ2v) is 6.79. The maximum atomic E-state index is 12.5. The number of nitriles is 1. The number of imide groups is 1. The van der Waals surface area contributed by atoms with E-state index < -0.39 is 5.41 Å². The minimum absolute atomic E-state index is 0.218. The number of hydrogen-bond acceptors (Lipinski definition) is 5. The Labute approximate surface area is 162 Å². The zero-order valence-electron chi connectivity index (χ0n) is 15.7. The van der Waals surface area contributed by atoms with Gasteiger partial charge in [0.1, 0.15) is 11.8 Å². The van der Waals surface area contributed by atoms with Crippen molar-refractivity contribution < 1.29 is 14.4 Å². The van der Waals surface area contributed by atoms with Crippen LogP contribution in [0.25, 0.3) is 0 Å². The maximum Gasteiger partial charge on any atom is 0.274 e. The first-order valence-electron chi connectivity index (χ1n) is 9.03. The van der Waals surface area contributed by atoms with E-state index in [-0.39, 0.29) is 23.4 Å². The third-order valence-corrected chi connectivity index (χ3v) is 5.20. The van der Waals surface area contributed by atoms with E-state index in [0.717, 1.165) is 5.56 Å². The van der Waals surface area contributed by atoms with E-state index in [2.05, 4.69) is 15.6 Å². The molecule has 1 aromatic carbocycles. The quantitative estimate of drug-likeness (QED) is 0.797. The van der Waals surface area contributed by atoms with Crippen molar-refractivity contribution >= 4 is 23.4 Å². The Balaban J connectivity index is 1.78. The van der Waals surface area contributed by atoms with E-state index in [9.17, 15) is 14.4 Å². The lowest BCUT2D eigenvalue weighted by molar-refractivity contribution is -0.138. The van der Waals surface area contributed by atoms with Crippen molar-refractivity contribution in [2.45, 2.75) is 38.5 Å². The van der Waals surface area contributed by atoms with Crippen LogP contribution < -0.4 is 10.6 Å². The molecule has 1 aliphatic rings. The maximum absolute atomic E-state index is 12.5. The molecule has 2 heterocycles. The van der Waals surface area contributed by atoms with Crippen LogP contribution in [0.2, 0.25) is 0 Å². The average Bonchev–Trinajstić information content (AvgIpc) is 2.69. The molecule has 3 rings (SSSR count). The van der Waals surface area contributed by atoms with Crippen molar-refractivity contribution in [3.63, 3.8) is 0 Å². The molecule has 7 heteroatoms. The van der Waals surface area contributed by atoms with Gasteiger partial charge in [0.2, 0.25) is 11.8 Å². The Morgan fingerprint density at radius 2 is 1.96 bits per heavy atom. The molecule has 1 saturated heterocycles. The molecule has 0 bridgehead atoms. The Kier molecular flexibility index (Phi) is 5.23. The van der Waals surface area contributed by atoms with Crippen LogP contribution >= 0.6 is 0 Å². The van der Waals surface area contributed by atoms with Gasteiger partial charge in [0.15, 0.2) is 0 Å². The van der Waals surface area contributed by atoms with Gasteiger partial charge in [0.05, 0.1) is 16.7 Å². The highest BCUT2D eigenvalue weighted by Gasteiger charge is 2.42. The highest BCUT2D eigenvalue weighted by atomic mass is 16.2. The van der Waals surface area contributed by atoms with Crippen molar-refractivity contribution in [1.29, 1.82) is 5.26 Å². The lowest BCUT2D eigenvalue weighted by atomic mass is 9.72. The van der Waals surface area contributed by atoms with Crippen molar-refractivity contribution in [1.82, 2.24) is 10.3 Å². The van der Waals surface area contributed by atoms with E-state index in [1.165, 1.54) is 6.07 Å². The third kappa shape index (κ3) is 3.49. The van der Waals surface area contributed by atoms with E-state index in [4.69, 9.17) is 5.26 Å². The average molecular weight is 376 g/mol. The summed E-state index contributed by atoms with van der Waals surface area (Å²) in [6.45, 7) is 3.60. The number of hydrogen-bond donors (Lipinski definition) is 2. The number of carbonyl (C=O) groups excluding carboxylic acids is 3. The molecule has 142 valence electrons. The normalized spacial score (nSPS) is 18.9. The highest BCUT2D eigenvalue weighted by Crippen LogP contribution is 2.36. The molecule has 2 N–H and O–H groups in total. The predicted molar refractivity (Wildman–Crippen MR) is 102 cm³/mol. The van der Waals surface area contributed by atoms with Gasteiger partial charge in [0.25, 0.3) is 5.91 Å². The summed E-state index contributed by atoms with van der Waals surface area (Å²) in [5.74, 6) is -0.907. The standard InChI is InChI=1S/C21H20N4O3/c1-3-21(11-10-18(26)25-20(21)28)15-5-7-16(8-6-15)24-19(27)17-9-4-14(12-22)13(2)23-17/h4-9H,3,10-11H2,1-2H3,(H,24,27)(H,25,26,28). The Morgan fingerprint density at radius 3 is 2.54 bits per heavy atom. The number of anilines is 1. The van der Waals surface area contributed by atoms with E-state index in [0.29, 0.717) is 36.2 Å². The van der Waals surface area contributed by atoms with Gasteiger partial charge in [-0.15, -0.1) is 0 Å². The number of aromatic nitrogens is 1. The minimum atomic E-state index is -0.734. The summed E-state index contributed by atoms with van der Waals surface area (Å²) in [6, 6.07) is 12.1. The van der Waals surface area contributed by atoms with Crippen molar-refractivity contribution in [2.24, 2.45) is 0 Å². The van der Waals surface area contributed by atoms with Crippen molar-refractivity contribution in [3.8, 4) is 6.07 Å². The lowest BCUT2D eigenvalue weighted by Gasteiger charge is -2.35. The Hall–Kier alpha value is -3.53. The number of pyridine rings is 1. The fourth-order valence-corrected chi connectivity index (χ4v) is 3.44. The zero-order chi connectivity index (χ0) is 20.3. The van der Waals surface area contributed by atoms with E-state index >= 15 is 0 Å². The molecule has 1 aliphatic heterocycles. The Bertz CT molecular complexity index is 992. The number of rotatable bonds is 4. The van der Waals surface area contributed by atoms with Gasteiger partial charge in [-0.05, 0) is 49.6 Å². The van der Waals surface area contributed by atoms with Crippen LogP contribution in [0.5, 0.6) is 0 Å². The van der Waals surface area contributed by atoms with Crippen molar-refractivity contribution in [2.75, 3.05) is 5.32 Å². The molecule has 2 aromatic rings. The summed E-state index contributed by atoms with van der Waals surface area (Å²) in [4.78, 5) is 40.5. The van der Waals surface area contributed by atoms with Gasteiger partial charge in [0, 0.05) is 12.1 Å². The monoisotopic (exact) mass is 376 g/mol. The molecule has 0 aliphatic carbocycles. The summed E-state index contributed by atoms with van der Waals surface area (Å²) >= 11 is 0. The van der Waals surface area contributed by atoms with Gasteiger partial charge in [-0.3, -0.25) is 19.7 Å². The van der Waals surface area contributed by atoms with Crippen LogP contribution in [-0.2, 0) is 15.0 Å². The molecule has 1 aromatic heterocycles. The van der Waals surface area contributed by atoms with Crippen LogP contribution in [-0.4, -0.2) is 22.7 Å². The van der Waals surface area contributed by atoms with Gasteiger partial charge < -0.3 is 5.32 Å². The molecule has 7 nitrogen and oxygen atoms in total. The number of amides is 3. The van der Waals surface area contributed by atoms with E-state index in [1.54, 1.807) is 37.3 Å². The molecular formula is C21H20N4O3. The van der Waals surface area contributed by atoms with Crippen LogP contribution in [0.3, 0.4) is 0 Å². The molecule has 0 radical (unpaired) electrons. The second kappa shape index (κ2) is 7.61. The lowest BCUT2D eigenvalue weighted by Crippen LogP contribution is -2.51. The summed E-state index contributed by atoms with van der Waals surface area (Å²) in [6.07, 6.45) is 1.35. The van der Waals surface area contributed by atoms with Gasteiger partial charge in [-0.2, -0.15) is 5.26 Å². The number of piperidine rings is 1. The minimum Gasteiger partial charge on any atom is -0.321 e. The van der Waals surface area contributed by atoms with Crippen LogP contribution in [0.4, 0.5) is 5.69 Å². The number of benzene rings is 1. The molecule has 1 unspecified atom stereocenters. The van der Waals surface area contributed by atoms with Gasteiger partial charge >= 0.3 is 0 Å². The molecule has 1 fully saturated rings. The molecule has 0 saturated carbocycles. The number of nitrogens with one attached hydrogen (secondary N) is 2. The summed E-state index contributed by atoms with van der Waals surface area (Å²) < 4.78 is 0. The van der Waals surface area contributed by atoms with Crippen LogP contribution in [0, 0.1) is 18.3 Å². The van der Waals surface area contributed by atoms with Crippen LogP contribution in [0.15, 0.2) is 36.4 Å². The van der Waals surface area contributed by atoms with Crippen LogP contribution in [0.1, 0.15) is 53.5 Å². The summed E-state index contributed by atoms with van der Waals surface area (Å²) in [5, 5.41) is 14.1. The zero-order valence-corrected chi connectivity index (χ0v) is 15.7. The van der Waals surface area contributed by atoms with Crippen molar-refractivity contribution in [3.05, 3.63) is 58.9 Å². The first-order valence-corrected chi connectivity index (χ1v) is 9.03. The molecule has 28 heavy (non-hydrogen) atoms.